The van der Waals surface area contributed by atoms with E-state index in [1.165, 1.54) is 13.8 Å². The van der Waals surface area contributed by atoms with Crippen LogP contribution in [-0.2, 0) is 9.59 Å². The lowest BCUT2D eigenvalue weighted by Gasteiger charge is -2.22. The van der Waals surface area contributed by atoms with Crippen LogP contribution in [0.1, 0.15) is 13.8 Å². The number of ether oxygens (including phenoxy) is 2. The van der Waals surface area contributed by atoms with Gasteiger partial charge in [0, 0.05) is 44.9 Å². The van der Waals surface area contributed by atoms with Gasteiger partial charge >= 0.3 is 0 Å². The van der Waals surface area contributed by atoms with Crippen LogP contribution in [0.5, 0.6) is 11.5 Å². The Morgan fingerprint density at radius 3 is 2.33 bits per heavy atom. The molecule has 3 N–H and O–H groups in total. The zero-order valence-corrected chi connectivity index (χ0v) is 17.6. The van der Waals surface area contributed by atoms with Crippen LogP contribution in [0.3, 0.4) is 0 Å². The lowest BCUT2D eigenvalue weighted by atomic mass is 10.2. The number of amides is 2. The molecule has 0 saturated heterocycles. The topological polar surface area (TPSA) is 100 Å². The lowest BCUT2D eigenvalue weighted by molar-refractivity contribution is -0.116. The van der Waals surface area contributed by atoms with E-state index < -0.39 is 6.10 Å². The molecule has 0 bridgehead atoms. The number of hydrogen-bond acceptors (Lipinski definition) is 6. The summed E-state index contributed by atoms with van der Waals surface area (Å²) in [5.74, 6) is 0.941. The summed E-state index contributed by atoms with van der Waals surface area (Å²) in [4.78, 5) is 24.7. The first-order valence-corrected chi connectivity index (χ1v) is 9.71. The third-order valence-electron chi connectivity index (χ3n) is 4.27. The van der Waals surface area contributed by atoms with Crippen molar-refractivity contribution in [1.29, 1.82) is 0 Å². The molecule has 162 valence electrons. The van der Waals surface area contributed by atoms with Gasteiger partial charge in [-0.25, -0.2) is 0 Å². The van der Waals surface area contributed by atoms with Gasteiger partial charge in [0.05, 0.1) is 7.11 Å². The Kier molecular flexibility index (Phi) is 9.11. The zero-order chi connectivity index (χ0) is 21.9. The van der Waals surface area contributed by atoms with Crippen LogP contribution in [0.4, 0.5) is 11.4 Å². The molecule has 1 unspecified atom stereocenters. The van der Waals surface area contributed by atoms with Crippen molar-refractivity contribution < 1.29 is 24.2 Å². The third-order valence-corrected chi connectivity index (χ3v) is 4.27. The van der Waals surface area contributed by atoms with E-state index in [0.717, 1.165) is 5.69 Å². The maximum atomic E-state index is 12.0. The van der Waals surface area contributed by atoms with Gasteiger partial charge in [0.1, 0.15) is 12.7 Å². The fourth-order valence-electron chi connectivity index (χ4n) is 2.84. The number of nitrogens with one attached hydrogen (secondary N) is 2. The first-order valence-electron chi connectivity index (χ1n) is 9.71. The average Bonchev–Trinajstić information content (AvgIpc) is 2.72. The monoisotopic (exact) mass is 415 g/mol. The van der Waals surface area contributed by atoms with Crippen LogP contribution in [0.2, 0.25) is 0 Å². The molecule has 2 aromatic rings. The van der Waals surface area contributed by atoms with Crippen molar-refractivity contribution in [1.82, 2.24) is 5.32 Å². The van der Waals surface area contributed by atoms with Crippen LogP contribution in [0.15, 0.2) is 48.5 Å². The Morgan fingerprint density at radius 1 is 1.07 bits per heavy atom. The molecular weight excluding hydrogens is 386 g/mol. The second-order valence-electron chi connectivity index (χ2n) is 6.72. The molecule has 0 radical (unpaired) electrons. The maximum absolute atomic E-state index is 12.0. The second kappa shape index (κ2) is 11.8. The lowest BCUT2D eigenvalue weighted by Crippen LogP contribution is -2.39. The summed E-state index contributed by atoms with van der Waals surface area (Å²) in [6.45, 7) is 4.32. The molecule has 2 aromatic carbocycles. The SMILES string of the molecule is COc1ccccc1OCC(O)CNCCN(C(C)=O)c1ccc(NC(C)=O)cc1. The molecular formula is C22H29N3O5. The van der Waals surface area contributed by atoms with Crippen molar-refractivity contribution in [3.8, 4) is 11.5 Å². The van der Waals surface area contributed by atoms with Gasteiger partial charge in [-0.2, -0.15) is 0 Å². The van der Waals surface area contributed by atoms with E-state index in [4.69, 9.17) is 9.47 Å². The predicted octanol–water partition coefficient (Wildman–Crippen LogP) is 2.04. The molecule has 0 aliphatic rings. The number of methoxy groups -OCH3 is 1. The molecule has 0 heterocycles. The smallest absolute Gasteiger partial charge is 0.223 e. The van der Waals surface area contributed by atoms with E-state index in [0.29, 0.717) is 36.8 Å². The standard InChI is InChI=1S/C22H29N3O5/c1-16(26)24-18-8-10-19(11-9-18)25(17(2)27)13-12-23-14-20(28)15-30-22-7-5-4-6-21(22)29-3/h4-11,20,23,28H,12-15H2,1-3H3,(H,24,26). The molecule has 8 nitrogen and oxygen atoms in total. The Labute approximate surface area is 176 Å². The van der Waals surface area contributed by atoms with Crippen molar-refractivity contribution in [2.75, 3.05) is 43.6 Å². The number of aliphatic hydroxyl groups is 1. The maximum Gasteiger partial charge on any atom is 0.223 e. The number of benzene rings is 2. The summed E-state index contributed by atoms with van der Waals surface area (Å²) in [5, 5.41) is 15.9. The number of rotatable bonds is 11. The fraction of sp³-hybridized carbons (Fsp3) is 0.364. The van der Waals surface area contributed by atoms with Crippen LogP contribution in [0.25, 0.3) is 0 Å². The summed E-state index contributed by atoms with van der Waals surface area (Å²) < 4.78 is 10.8. The zero-order valence-electron chi connectivity index (χ0n) is 17.6. The van der Waals surface area contributed by atoms with Crippen molar-refractivity contribution >= 4 is 23.2 Å². The second-order valence-corrected chi connectivity index (χ2v) is 6.72. The molecule has 0 spiro atoms. The Balaban J connectivity index is 1.77. The molecule has 30 heavy (non-hydrogen) atoms. The molecule has 2 amide bonds. The van der Waals surface area contributed by atoms with Gasteiger partial charge in [0.15, 0.2) is 11.5 Å². The number of carbonyl (C=O) groups excluding carboxylic acids is 2. The largest absolute Gasteiger partial charge is 0.493 e. The molecule has 2 rings (SSSR count). The highest BCUT2D eigenvalue weighted by molar-refractivity contribution is 5.92. The highest BCUT2D eigenvalue weighted by atomic mass is 16.5. The van der Waals surface area contributed by atoms with Gasteiger partial charge in [-0.3, -0.25) is 9.59 Å². The quantitative estimate of drug-likeness (QED) is 0.486. The van der Waals surface area contributed by atoms with E-state index in [9.17, 15) is 14.7 Å². The summed E-state index contributed by atoms with van der Waals surface area (Å²) >= 11 is 0. The molecule has 0 aromatic heterocycles. The highest BCUT2D eigenvalue weighted by Gasteiger charge is 2.12. The van der Waals surface area contributed by atoms with Crippen LogP contribution < -0.4 is 25.0 Å². The van der Waals surface area contributed by atoms with Crippen LogP contribution in [0, 0.1) is 0 Å². The Bertz CT molecular complexity index is 826. The van der Waals surface area contributed by atoms with Crippen LogP contribution in [-0.4, -0.2) is 56.4 Å². The Hall–Kier alpha value is -3.10. The van der Waals surface area contributed by atoms with E-state index in [1.807, 2.05) is 12.1 Å². The number of hydrogen-bond donors (Lipinski definition) is 3. The van der Waals surface area contributed by atoms with Gasteiger partial charge in [0.2, 0.25) is 11.8 Å². The Morgan fingerprint density at radius 2 is 1.73 bits per heavy atom. The van der Waals surface area contributed by atoms with Crippen LogP contribution >= 0.6 is 0 Å². The van der Waals surface area contributed by atoms with E-state index in [-0.39, 0.29) is 18.4 Å². The number of nitrogens with zero attached hydrogens (tertiary/aromatic N) is 1. The normalized spacial score (nSPS) is 11.5. The number of aliphatic hydroxyl groups excluding tert-OH is 1. The van der Waals surface area contributed by atoms with Crippen molar-refractivity contribution in [3.63, 3.8) is 0 Å². The predicted molar refractivity (Wildman–Crippen MR) is 116 cm³/mol. The molecule has 0 aliphatic heterocycles. The first-order chi connectivity index (χ1) is 14.4. The molecule has 0 aliphatic carbocycles. The first kappa shape index (κ1) is 23.2. The van der Waals surface area contributed by atoms with E-state index >= 15 is 0 Å². The number of anilines is 2. The molecule has 8 heteroatoms. The van der Waals surface area contributed by atoms with E-state index in [1.54, 1.807) is 48.4 Å². The van der Waals surface area contributed by atoms with Gasteiger partial charge in [-0.15, -0.1) is 0 Å². The minimum Gasteiger partial charge on any atom is -0.493 e. The van der Waals surface area contributed by atoms with Crippen molar-refractivity contribution in [2.45, 2.75) is 20.0 Å². The number of carbonyl (C=O) groups is 2. The van der Waals surface area contributed by atoms with Crippen molar-refractivity contribution in [3.05, 3.63) is 48.5 Å². The minimum absolute atomic E-state index is 0.0934. The third kappa shape index (κ3) is 7.38. The molecule has 1 atom stereocenters. The summed E-state index contributed by atoms with van der Waals surface area (Å²) in [6.07, 6.45) is -0.711. The summed E-state index contributed by atoms with van der Waals surface area (Å²) in [5.41, 5.74) is 1.41. The van der Waals surface area contributed by atoms with E-state index in [2.05, 4.69) is 10.6 Å². The number of para-hydroxylation sites is 2. The van der Waals surface area contributed by atoms with Gasteiger partial charge in [0.25, 0.3) is 0 Å². The molecule has 0 fully saturated rings. The summed E-state index contributed by atoms with van der Waals surface area (Å²) in [7, 11) is 1.56. The fourth-order valence-corrected chi connectivity index (χ4v) is 2.84. The minimum atomic E-state index is -0.711. The van der Waals surface area contributed by atoms with Gasteiger partial charge in [-0.05, 0) is 36.4 Å². The van der Waals surface area contributed by atoms with Gasteiger partial charge in [-0.1, -0.05) is 12.1 Å². The highest BCUT2D eigenvalue weighted by Crippen LogP contribution is 2.25. The van der Waals surface area contributed by atoms with Gasteiger partial charge < -0.3 is 30.1 Å². The summed E-state index contributed by atoms with van der Waals surface area (Å²) in [6, 6.07) is 14.3. The average molecular weight is 415 g/mol. The molecule has 0 saturated carbocycles. The van der Waals surface area contributed by atoms with Crippen molar-refractivity contribution in [2.24, 2.45) is 0 Å².